The van der Waals surface area contributed by atoms with Gasteiger partial charge in [-0.2, -0.15) is 0 Å². The van der Waals surface area contributed by atoms with Crippen LogP contribution >= 0.6 is 0 Å². The molecule has 104 valence electrons. The zero-order valence-electron chi connectivity index (χ0n) is 11.7. The van der Waals surface area contributed by atoms with Gasteiger partial charge in [-0.25, -0.2) is 0 Å². The van der Waals surface area contributed by atoms with E-state index >= 15 is 0 Å². The fourth-order valence-corrected chi connectivity index (χ4v) is 3.41. The second-order valence-electron chi connectivity index (χ2n) is 5.49. The Morgan fingerprint density at radius 2 is 2.00 bits per heavy atom. The lowest BCUT2D eigenvalue weighted by Crippen LogP contribution is -2.12. The van der Waals surface area contributed by atoms with Crippen LogP contribution in [0.25, 0.3) is 22.2 Å². The quantitative estimate of drug-likeness (QED) is 0.497. The van der Waals surface area contributed by atoms with Crippen molar-refractivity contribution in [3.8, 4) is 11.3 Å². The van der Waals surface area contributed by atoms with Gasteiger partial charge < -0.3 is 4.57 Å². The topological polar surface area (TPSA) is 48.1 Å². The van der Waals surface area contributed by atoms with Gasteiger partial charge in [-0.15, -0.1) is 0 Å². The van der Waals surface area contributed by atoms with Gasteiger partial charge >= 0.3 is 0 Å². The molecule has 4 heteroatoms. The third kappa shape index (κ3) is 1.62. The summed E-state index contributed by atoms with van der Waals surface area (Å²) >= 11 is 0. The van der Waals surface area contributed by atoms with Crippen molar-refractivity contribution in [2.24, 2.45) is 0 Å². The first-order valence-corrected chi connectivity index (χ1v) is 7.02. The molecule has 0 amide bonds. The van der Waals surface area contributed by atoms with Crippen LogP contribution < -0.4 is 0 Å². The standard InChI is InChI=1S/C17H14N2O2/c1-11-14(19(20)21)7-6-12-8-9-18-15-5-3-2-4-13(15)10-16(18)17(11)12/h2-7,10H,8-9H2,1H3. The van der Waals surface area contributed by atoms with E-state index in [1.165, 1.54) is 16.5 Å². The predicted octanol–water partition coefficient (Wildman–Crippen LogP) is 4.08. The number of fused-ring (bicyclic) bond motifs is 5. The summed E-state index contributed by atoms with van der Waals surface area (Å²) in [6.07, 6.45) is 0.917. The molecule has 1 aliphatic heterocycles. The summed E-state index contributed by atoms with van der Waals surface area (Å²) in [6.45, 7) is 2.78. The Morgan fingerprint density at radius 1 is 1.19 bits per heavy atom. The van der Waals surface area contributed by atoms with Gasteiger partial charge in [0.1, 0.15) is 0 Å². The van der Waals surface area contributed by atoms with Gasteiger partial charge in [-0.05, 0) is 31.0 Å². The number of nitro groups is 1. The van der Waals surface area contributed by atoms with Crippen molar-refractivity contribution >= 4 is 16.6 Å². The van der Waals surface area contributed by atoms with Crippen LogP contribution in [-0.4, -0.2) is 9.49 Å². The second kappa shape index (κ2) is 4.19. The van der Waals surface area contributed by atoms with Crippen molar-refractivity contribution in [1.29, 1.82) is 0 Å². The molecule has 0 unspecified atom stereocenters. The van der Waals surface area contributed by atoms with E-state index in [4.69, 9.17) is 0 Å². The number of nitrogens with zero attached hydrogens (tertiary/aromatic N) is 2. The zero-order chi connectivity index (χ0) is 14.6. The number of benzene rings is 2. The number of aryl methyl sites for hydroxylation is 2. The van der Waals surface area contributed by atoms with Crippen molar-refractivity contribution in [3.05, 3.63) is 63.7 Å². The molecule has 0 fully saturated rings. The summed E-state index contributed by atoms with van der Waals surface area (Å²) in [4.78, 5) is 10.9. The van der Waals surface area contributed by atoms with Gasteiger partial charge in [-0.1, -0.05) is 24.3 Å². The summed E-state index contributed by atoms with van der Waals surface area (Å²) < 4.78 is 2.27. The van der Waals surface area contributed by atoms with Gasteiger partial charge in [-0.3, -0.25) is 10.1 Å². The van der Waals surface area contributed by atoms with Crippen LogP contribution in [0.3, 0.4) is 0 Å². The molecule has 0 saturated heterocycles. The summed E-state index contributed by atoms with van der Waals surface area (Å²) in [7, 11) is 0. The molecule has 1 aromatic heterocycles. The van der Waals surface area contributed by atoms with E-state index in [9.17, 15) is 10.1 Å². The van der Waals surface area contributed by atoms with Crippen molar-refractivity contribution in [2.75, 3.05) is 0 Å². The first-order valence-electron chi connectivity index (χ1n) is 7.02. The van der Waals surface area contributed by atoms with Crippen molar-refractivity contribution in [1.82, 2.24) is 4.57 Å². The van der Waals surface area contributed by atoms with Crippen LogP contribution in [0.15, 0.2) is 42.5 Å². The molecule has 4 rings (SSSR count). The maximum Gasteiger partial charge on any atom is 0.272 e. The first kappa shape index (κ1) is 12.1. The van der Waals surface area contributed by atoms with Crippen LogP contribution in [0, 0.1) is 17.0 Å². The number of hydrogen-bond donors (Lipinski definition) is 0. The highest BCUT2D eigenvalue weighted by atomic mass is 16.6. The Kier molecular flexibility index (Phi) is 2.42. The van der Waals surface area contributed by atoms with Crippen molar-refractivity contribution < 1.29 is 4.92 Å². The molecule has 4 nitrogen and oxygen atoms in total. The third-order valence-corrected chi connectivity index (χ3v) is 4.39. The SMILES string of the molecule is Cc1c([N+](=O)[O-])ccc2c1-c1cc3ccccc3n1CC2. The van der Waals surface area contributed by atoms with Crippen molar-refractivity contribution in [3.63, 3.8) is 0 Å². The Hall–Kier alpha value is -2.62. The molecular weight excluding hydrogens is 264 g/mol. The molecule has 3 aromatic rings. The molecule has 2 heterocycles. The molecule has 21 heavy (non-hydrogen) atoms. The molecule has 0 aliphatic carbocycles. The lowest BCUT2D eigenvalue weighted by atomic mass is 9.93. The fourth-order valence-electron chi connectivity index (χ4n) is 3.41. The molecule has 0 N–H and O–H groups in total. The summed E-state index contributed by atoms with van der Waals surface area (Å²) in [5, 5.41) is 12.4. The van der Waals surface area contributed by atoms with Crippen LogP contribution in [-0.2, 0) is 13.0 Å². The Labute approximate surface area is 121 Å². The van der Waals surface area contributed by atoms with E-state index in [0.29, 0.717) is 0 Å². The third-order valence-electron chi connectivity index (χ3n) is 4.39. The fraction of sp³-hybridized carbons (Fsp3) is 0.176. The highest BCUT2D eigenvalue weighted by Crippen LogP contribution is 2.39. The van der Waals surface area contributed by atoms with Gasteiger partial charge in [0.2, 0.25) is 0 Å². The van der Waals surface area contributed by atoms with E-state index in [0.717, 1.165) is 29.8 Å². The lowest BCUT2D eigenvalue weighted by molar-refractivity contribution is -0.385. The highest BCUT2D eigenvalue weighted by molar-refractivity contribution is 5.89. The van der Waals surface area contributed by atoms with Crippen LogP contribution in [0.4, 0.5) is 5.69 Å². The maximum atomic E-state index is 11.2. The normalized spacial score (nSPS) is 13.0. The number of hydrogen-bond acceptors (Lipinski definition) is 2. The van der Waals surface area contributed by atoms with E-state index in [1.54, 1.807) is 6.07 Å². The minimum absolute atomic E-state index is 0.201. The number of rotatable bonds is 1. The van der Waals surface area contributed by atoms with Crippen molar-refractivity contribution in [2.45, 2.75) is 19.9 Å². The predicted molar refractivity (Wildman–Crippen MR) is 82.5 cm³/mol. The zero-order valence-corrected chi connectivity index (χ0v) is 11.7. The highest BCUT2D eigenvalue weighted by Gasteiger charge is 2.24. The average Bonchev–Trinajstić information content (AvgIpc) is 2.85. The maximum absolute atomic E-state index is 11.2. The van der Waals surface area contributed by atoms with E-state index in [1.807, 2.05) is 25.1 Å². The first-order chi connectivity index (χ1) is 10.2. The smallest absolute Gasteiger partial charge is 0.272 e. The molecule has 0 saturated carbocycles. The minimum atomic E-state index is -0.294. The largest absolute Gasteiger partial charge is 0.340 e. The molecular formula is C17H14N2O2. The number of aromatic nitrogens is 1. The van der Waals surface area contributed by atoms with Crippen LogP contribution in [0.1, 0.15) is 11.1 Å². The average molecular weight is 278 g/mol. The van der Waals surface area contributed by atoms with Crippen LogP contribution in [0.2, 0.25) is 0 Å². The van der Waals surface area contributed by atoms with Gasteiger partial charge in [0.05, 0.1) is 4.92 Å². The van der Waals surface area contributed by atoms with E-state index < -0.39 is 0 Å². The molecule has 2 aromatic carbocycles. The number of para-hydroxylation sites is 1. The van der Waals surface area contributed by atoms with Gasteiger partial charge in [0.15, 0.2) is 0 Å². The Bertz CT molecular complexity index is 893. The van der Waals surface area contributed by atoms with Gasteiger partial charge in [0.25, 0.3) is 5.69 Å². The molecule has 0 bridgehead atoms. The van der Waals surface area contributed by atoms with E-state index in [2.05, 4.69) is 22.8 Å². The molecule has 1 aliphatic rings. The lowest BCUT2D eigenvalue weighted by Gasteiger charge is -2.21. The molecule has 0 spiro atoms. The molecule has 0 radical (unpaired) electrons. The summed E-state index contributed by atoms with van der Waals surface area (Å²) in [5.74, 6) is 0. The monoisotopic (exact) mass is 278 g/mol. The Morgan fingerprint density at radius 3 is 2.81 bits per heavy atom. The minimum Gasteiger partial charge on any atom is -0.340 e. The summed E-state index contributed by atoms with van der Waals surface area (Å²) in [6, 6.07) is 13.9. The Balaban J connectivity index is 2.07. The van der Waals surface area contributed by atoms with Crippen LogP contribution in [0.5, 0.6) is 0 Å². The second-order valence-corrected chi connectivity index (χ2v) is 5.49. The summed E-state index contributed by atoms with van der Waals surface area (Å²) in [5.41, 5.74) is 5.50. The number of nitro benzene ring substituents is 1. The van der Waals surface area contributed by atoms with E-state index in [-0.39, 0.29) is 10.6 Å². The van der Waals surface area contributed by atoms with Gasteiger partial charge in [0, 0.05) is 40.3 Å². The molecule has 0 atom stereocenters.